The van der Waals surface area contributed by atoms with E-state index in [0.717, 1.165) is 11.3 Å². The summed E-state index contributed by atoms with van der Waals surface area (Å²) in [5.74, 6) is 1.06. The molecule has 1 N–H and O–H groups in total. The Morgan fingerprint density at radius 2 is 1.62 bits per heavy atom. The van der Waals surface area contributed by atoms with Gasteiger partial charge in [0.05, 0.1) is 0 Å². The number of rotatable bonds is 2. The maximum Gasteiger partial charge on any atom is 0.269 e. The Labute approximate surface area is 123 Å². The van der Waals surface area contributed by atoms with Crippen molar-refractivity contribution >= 4 is 11.6 Å². The van der Waals surface area contributed by atoms with E-state index in [-0.39, 0.29) is 12.0 Å². The molecule has 1 aliphatic heterocycles. The van der Waals surface area contributed by atoms with Gasteiger partial charge in [0.15, 0.2) is 11.5 Å². The van der Waals surface area contributed by atoms with Gasteiger partial charge in [0.2, 0.25) is 6.10 Å². The third-order valence-electron chi connectivity index (χ3n) is 3.42. The summed E-state index contributed by atoms with van der Waals surface area (Å²) < 4.78 is 11.5. The maximum atomic E-state index is 12.4. The van der Waals surface area contributed by atoms with Crippen molar-refractivity contribution in [2.24, 2.45) is 0 Å². The van der Waals surface area contributed by atoms with Crippen molar-refractivity contribution in [2.45, 2.75) is 26.1 Å². The fraction of sp³-hybridized carbons (Fsp3) is 0.235. The summed E-state index contributed by atoms with van der Waals surface area (Å²) in [6, 6.07) is 15.0. The van der Waals surface area contributed by atoms with Gasteiger partial charge in [0.25, 0.3) is 5.91 Å². The van der Waals surface area contributed by atoms with Crippen LogP contribution in [0.4, 0.5) is 5.69 Å². The Bertz CT molecular complexity index is 651. The number of amides is 1. The van der Waals surface area contributed by atoms with Gasteiger partial charge in [-0.15, -0.1) is 0 Å². The highest BCUT2D eigenvalue weighted by atomic mass is 16.6. The predicted octanol–water partition coefficient (Wildman–Crippen LogP) is 3.16. The van der Waals surface area contributed by atoms with Gasteiger partial charge in [-0.05, 0) is 38.1 Å². The number of carbonyl (C=O) groups is 1. The van der Waals surface area contributed by atoms with Crippen LogP contribution in [0.25, 0.3) is 0 Å². The van der Waals surface area contributed by atoms with Gasteiger partial charge in [-0.2, -0.15) is 0 Å². The van der Waals surface area contributed by atoms with Crippen molar-refractivity contribution < 1.29 is 14.3 Å². The molecule has 2 atom stereocenters. The predicted molar refractivity (Wildman–Crippen MR) is 80.8 cm³/mol. The summed E-state index contributed by atoms with van der Waals surface area (Å²) in [6.45, 7) is 3.83. The summed E-state index contributed by atoms with van der Waals surface area (Å²) in [5.41, 5.74) is 1.90. The molecule has 1 amide bonds. The molecule has 3 rings (SSSR count). The zero-order valence-electron chi connectivity index (χ0n) is 12.0. The summed E-state index contributed by atoms with van der Waals surface area (Å²) in [5, 5.41) is 2.86. The summed E-state index contributed by atoms with van der Waals surface area (Å²) in [4.78, 5) is 12.4. The topological polar surface area (TPSA) is 47.6 Å². The van der Waals surface area contributed by atoms with Crippen LogP contribution in [0.2, 0.25) is 0 Å². The first-order valence-corrected chi connectivity index (χ1v) is 6.93. The van der Waals surface area contributed by atoms with Crippen molar-refractivity contribution in [3.63, 3.8) is 0 Å². The number of carbonyl (C=O) groups excluding carboxylic acids is 1. The normalized spacial score (nSPS) is 19.9. The van der Waals surface area contributed by atoms with E-state index >= 15 is 0 Å². The molecule has 0 radical (unpaired) electrons. The molecule has 2 aromatic carbocycles. The SMILES string of the molecule is Cc1ccc(NC(=O)[C@H]2Oc3ccccc3O[C@H]2C)cc1. The smallest absolute Gasteiger partial charge is 0.269 e. The number of aryl methyl sites for hydroxylation is 1. The lowest BCUT2D eigenvalue weighted by Crippen LogP contribution is -2.46. The molecule has 0 spiro atoms. The van der Waals surface area contributed by atoms with Crippen LogP contribution >= 0.6 is 0 Å². The maximum absolute atomic E-state index is 12.4. The van der Waals surface area contributed by atoms with E-state index < -0.39 is 6.10 Å². The molecule has 1 aliphatic rings. The fourth-order valence-electron chi connectivity index (χ4n) is 2.26. The molecule has 0 unspecified atom stereocenters. The van der Waals surface area contributed by atoms with Crippen molar-refractivity contribution in [1.82, 2.24) is 0 Å². The molecule has 0 saturated carbocycles. The standard InChI is InChI=1S/C17H17NO3/c1-11-7-9-13(10-8-11)18-17(19)16-12(2)20-14-5-3-4-6-15(14)21-16/h3-10,12,16H,1-2H3,(H,18,19)/t12-,16-/m0/s1. The Kier molecular flexibility index (Phi) is 3.52. The monoisotopic (exact) mass is 283 g/mol. The molecular weight excluding hydrogens is 266 g/mol. The largest absolute Gasteiger partial charge is 0.482 e. The van der Waals surface area contributed by atoms with E-state index in [0.29, 0.717) is 11.5 Å². The van der Waals surface area contributed by atoms with Gasteiger partial charge < -0.3 is 14.8 Å². The van der Waals surface area contributed by atoms with Crippen molar-refractivity contribution in [3.05, 3.63) is 54.1 Å². The van der Waals surface area contributed by atoms with E-state index in [9.17, 15) is 4.79 Å². The fourth-order valence-corrected chi connectivity index (χ4v) is 2.26. The highest BCUT2D eigenvalue weighted by Crippen LogP contribution is 2.33. The number of benzene rings is 2. The number of ether oxygens (including phenoxy) is 2. The Hall–Kier alpha value is -2.49. The number of hydrogen-bond acceptors (Lipinski definition) is 3. The van der Waals surface area contributed by atoms with Crippen LogP contribution in [0.3, 0.4) is 0 Å². The van der Waals surface area contributed by atoms with Crippen molar-refractivity contribution in [2.75, 3.05) is 5.32 Å². The quantitative estimate of drug-likeness (QED) is 0.921. The molecule has 21 heavy (non-hydrogen) atoms. The lowest BCUT2D eigenvalue weighted by molar-refractivity contribution is -0.128. The second-order valence-corrected chi connectivity index (χ2v) is 5.16. The molecule has 0 aliphatic carbocycles. The van der Waals surface area contributed by atoms with E-state index in [4.69, 9.17) is 9.47 Å². The zero-order valence-corrected chi connectivity index (χ0v) is 12.0. The molecular formula is C17H17NO3. The molecule has 1 heterocycles. The first kappa shape index (κ1) is 13.5. The van der Waals surface area contributed by atoms with E-state index in [1.54, 1.807) is 6.07 Å². The van der Waals surface area contributed by atoms with E-state index in [2.05, 4.69) is 5.32 Å². The second-order valence-electron chi connectivity index (χ2n) is 5.16. The average molecular weight is 283 g/mol. The number of fused-ring (bicyclic) bond motifs is 1. The van der Waals surface area contributed by atoms with Gasteiger partial charge >= 0.3 is 0 Å². The number of anilines is 1. The Balaban J connectivity index is 1.74. The Morgan fingerprint density at radius 3 is 2.29 bits per heavy atom. The lowest BCUT2D eigenvalue weighted by Gasteiger charge is -2.31. The van der Waals surface area contributed by atoms with Gasteiger partial charge in [0, 0.05) is 5.69 Å². The molecule has 0 fully saturated rings. The molecule has 108 valence electrons. The summed E-state index contributed by atoms with van der Waals surface area (Å²) in [7, 11) is 0. The zero-order chi connectivity index (χ0) is 14.8. The molecule has 4 heteroatoms. The van der Waals surface area contributed by atoms with Crippen LogP contribution in [0, 0.1) is 6.92 Å². The van der Waals surface area contributed by atoms with Crippen LogP contribution in [-0.4, -0.2) is 18.1 Å². The first-order valence-electron chi connectivity index (χ1n) is 6.93. The minimum atomic E-state index is -0.666. The minimum absolute atomic E-state index is 0.208. The first-order chi connectivity index (χ1) is 10.1. The number of nitrogens with one attached hydrogen (secondary N) is 1. The van der Waals surface area contributed by atoms with Crippen LogP contribution in [-0.2, 0) is 4.79 Å². The highest BCUT2D eigenvalue weighted by molar-refractivity contribution is 5.95. The van der Waals surface area contributed by atoms with Crippen molar-refractivity contribution in [3.8, 4) is 11.5 Å². The average Bonchev–Trinajstić information content (AvgIpc) is 2.49. The number of para-hydroxylation sites is 2. The molecule has 0 saturated heterocycles. The van der Waals surface area contributed by atoms with Crippen LogP contribution in [0.1, 0.15) is 12.5 Å². The van der Waals surface area contributed by atoms with Crippen molar-refractivity contribution in [1.29, 1.82) is 0 Å². The third-order valence-corrected chi connectivity index (χ3v) is 3.42. The summed E-state index contributed by atoms with van der Waals surface area (Å²) >= 11 is 0. The van der Waals surface area contributed by atoms with Crippen LogP contribution < -0.4 is 14.8 Å². The summed E-state index contributed by atoms with van der Waals surface area (Å²) in [6.07, 6.45) is -1.01. The molecule has 0 aromatic heterocycles. The second kappa shape index (κ2) is 5.48. The van der Waals surface area contributed by atoms with E-state index in [1.165, 1.54) is 0 Å². The van der Waals surface area contributed by atoms with Gasteiger partial charge in [0.1, 0.15) is 6.10 Å². The van der Waals surface area contributed by atoms with E-state index in [1.807, 2.05) is 56.3 Å². The minimum Gasteiger partial charge on any atom is -0.482 e. The third kappa shape index (κ3) is 2.84. The molecule has 0 bridgehead atoms. The van der Waals surface area contributed by atoms with Gasteiger partial charge in [-0.1, -0.05) is 29.8 Å². The van der Waals surface area contributed by atoms with Gasteiger partial charge in [-0.3, -0.25) is 4.79 Å². The van der Waals surface area contributed by atoms with Crippen LogP contribution in [0.5, 0.6) is 11.5 Å². The molecule has 4 nitrogen and oxygen atoms in total. The number of hydrogen-bond donors (Lipinski definition) is 1. The van der Waals surface area contributed by atoms with Crippen LogP contribution in [0.15, 0.2) is 48.5 Å². The lowest BCUT2D eigenvalue weighted by atomic mass is 10.1. The Morgan fingerprint density at radius 1 is 1.00 bits per heavy atom. The highest BCUT2D eigenvalue weighted by Gasteiger charge is 2.33. The molecule has 2 aromatic rings. The van der Waals surface area contributed by atoms with Gasteiger partial charge in [-0.25, -0.2) is 0 Å².